The van der Waals surface area contributed by atoms with Gasteiger partial charge >= 0.3 is 5.97 Å². The predicted octanol–water partition coefficient (Wildman–Crippen LogP) is 3.99. The van der Waals surface area contributed by atoms with Gasteiger partial charge in [0, 0.05) is 6.42 Å². The van der Waals surface area contributed by atoms with E-state index >= 15 is 0 Å². The van der Waals surface area contributed by atoms with Crippen LogP contribution < -0.4 is 0 Å². The van der Waals surface area contributed by atoms with E-state index in [1.165, 1.54) is 11.1 Å². The van der Waals surface area contributed by atoms with Crippen molar-refractivity contribution < 1.29 is 14.6 Å². The normalized spacial score (nSPS) is 8.50. The van der Waals surface area contributed by atoms with Gasteiger partial charge in [-0.2, -0.15) is 0 Å². The molecule has 2 aromatic carbocycles. The monoisotopic (exact) mass is 248 g/mol. The van der Waals surface area contributed by atoms with E-state index in [0.717, 1.165) is 0 Å². The van der Waals surface area contributed by atoms with E-state index in [0.29, 0.717) is 0 Å². The van der Waals surface area contributed by atoms with Crippen LogP contribution >= 0.6 is 0 Å². The van der Waals surface area contributed by atoms with Crippen molar-refractivity contribution in [2.24, 2.45) is 0 Å². The zero-order valence-corrected chi connectivity index (χ0v) is 10.2. The maximum Gasteiger partial charge on any atom is 0.303 e. The molecule has 0 spiro atoms. The zero-order valence-electron chi connectivity index (χ0n) is 10.2. The summed E-state index contributed by atoms with van der Waals surface area (Å²) in [5.74, 6) is -0.745. The summed E-state index contributed by atoms with van der Waals surface area (Å²) in [6.45, 7) is 1.60. The molecule has 3 heteroatoms. The fourth-order valence-electron chi connectivity index (χ4n) is 1.26. The van der Waals surface area contributed by atoms with Crippen LogP contribution in [0.1, 0.15) is 13.3 Å². The molecule has 2 rings (SSSR count). The first kappa shape index (κ1) is 15.8. The number of carbonyl (C=O) groups is 1. The molecular formula is C15H17FO2. The van der Waals surface area contributed by atoms with Gasteiger partial charge in [-0.05, 0) is 11.1 Å². The highest BCUT2D eigenvalue weighted by atomic mass is 19.0. The van der Waals surface area contributed by atoms with Crippen molar-refractivity contribution in [3.05, 3.63) is 60.7 Å². The lowest BCUT2D eigenvalue weighted by Gasteiger charge is -1.98. The SMILES string of the molecule is CCC(=O)O.F.c1ccc(-c2ccccc2)cc1. The molecule has 0 bridgehead atoms. The van der Waals surface area contributed by atoms with Gasteiger partial charge in [0.05, 0.1) is 0 Å². The Bertz CT molecular complexity index is 403. The summed E-state index contributed by atoms with van der Waals surface area (Å²) in [5, 5.41) is 7.72. The molecule has 0 radical (unpaired) electrons. The molecule has 0 aromatic heterocycles. The minimum absolute atomic E-state index is 0. The lowest BCUT2D eigenvalue weighted by molar-refractivity contribution is -0.136. The van der Waals surface area contributed by atoms with Crippen molar-refractivity contribution in [3.63, 3.8) is 0 Å². The number of halogens is 1. The van der Waals surface area contributed by atoms with E-state index in [1.54, 1.807) is 6.92 Å². The van der Waals surface area contributed by atoms with Crippen LogP contribution in [0.2, 0.25) is 0 Å². The Morgan fingerprint density at radius 2 is 1.17 bits per heavy atom. The Balaban J connectivity index is 0.000000421. The van der Waals surface area contributed by atoms with Crippen molar-refractivity contribution in [2.45, 2.75) is 13.3 Å². The van der Waals surface area contributed by atoms with E-state index < -0.39 is 5.97 Å². The van der Waals surface area contributed by atoms with E-state index in [-0.39, 0.29) is 11.1 Å². The lowest BCUT2D eigenvalue weighted by atomic mass is 10.1. The summed E-state index contributed by atoms with van der Waals surface area (Å²) in [4.78, 5) is 9.37. The molecule has 0 aliphatic rings. The smallest absolute Gasteiger partial charge is 0.303 e. The molecule has 0 unspecified atom stereocenters. The summed E-state index contributed by atoms with van der Waals surface area (Å²) in [5.41, 5.74) is 2.55. The van der Waals surface area contributed by atoms with Crippen molar-refractivity contribution in [1.29, 1.82) is 0 Å². The summed E-state index contributed by atoms with van der Waals surface area (Å²) in [7, 11) is 0. The third kappa shape index (κ3) is 5.80. The van der Waals surface area contributed by atoms with E-state index in [4.69, 9.17) is 5.11 Å². The van der Waals surface area contributed by atoms with Gasteiger partial charge in [-0.3, -0.25) is 9.50 Å². The van der Waals surface area contributed by atoms with Gasteiger partial charge in [0.1, 0.15) is 0 Å². The molecule has 0 amide bonds. The van der Waals surface area contributed by atoms with Crippen molar-refractivity contribution in [2.75, 3.05) is 0 Å². The number of rotatable bonds is 2. The van der Waals surface area contributed by atoms with E-state index in [1.807, 2.05) is 12.1 Å². The Morgan fingerprint density at radius 3 is 1.39 bits per heavy atom. The highest BCUT2D eigenvalue weighted by Gasteiger charge is 1.91. The molecule has 96 valence electrons. The molecule has 0 aliphatic carbocycles. The Hall–Kier alpha value is -2.16. The standard InChI is InChI=1S/C12H10.C3H6O2.FH/c1-3-7-11(8-4-1)12-9-5-2-6-10-12;1-2-3(4)5;/h1-10H;2H2,1H3,(H,4,5);1H. The van der Waals surface area contributed by atoms with Gasteiger partial charge in [0.15, 0.2) is 0 Å². The summed E-state index contributed by atoms with van der Waals surface area (Å²) < 4.78 is 0. The number of aliphatic carboxylic acids is 1. The second-order valence-corrected chi connectivity index (χ2v) is 3.48. The second-order valence-electron chi connectivity index (χ2n) is 3.48. The van der Waals surface area contributed by atoms with Crippen LogP contribution in [0.4, 0.5) is 4.70 Å². The van der Waals surface area contributed by atoms with Crippen LogP contribution in [0.25, 0.3) is 11.1 Å². The molecule has 2 aromatic rings. The Labute approximate surface area is 106 Å². The maximum atomic E-state index is 9.37. The van der Waals surface area contributed by atoms with Crippen LogP contribution in [0.15, 0.2) is 60.7 Å². The zero-order chi connectivity index (χ0) is 12.5. The summed E-state index contributed by atoms with van der Waals surface area (Å²) >= 11 is 0. The van der Waals surface area contributed by atoms with Gasteiger partial charge in [0.25, 0.3) is 0 Å². The molecule has 0 atom stereocenters. The number of benzene rings is 2. The van der Waals surface area contributed by atoms with Crippen LogP contribution in [0.3, 0.4) is 0 Å². The number of hydrogen-bond donors (Lipinski definition) is 1. The van der Waals surface area contributed by atoms with Crippen molar-refractivity contribution >= 4 is 5.97 Å². The highest BCUT2D eigenvalue weighted by Crippen LogP contribution is 2.17. The van der Waals surface area contributed by atoms with Gasteiger partial charge in [-0.15, -0.1) is 0 Å². The lowest BCUT2D eigenvalue weighted by Crippen LogP contribution is -1.86. The van der Waals surface area contributed by atoms with Gasteiger partial charge < -0.3 is 5.11 Å². The first-order valence-electron chi connectivity index (χ1n) is 5.56. The average molecular weight is 248 g/mol. The van der Waals surface area contributed by atoms with Crippen LogP contribution in [-0.4, -0.2) is 11.1 Å². The molecular weight excluding hydrogens is 231 g/mol. The molecule has 2 nitrogen and oxygen atoms in total. The third-order valence-electron chi connectivity index (χ3n) is 2.18. The van der Waals surface area contributed by atoms with Crippen LogP contribution in [0.5, 0.6) is 0 Å². The minimum Gasteiger partial charge on any atom is -0.481 e. The Kier molecular flexibility index (Phi) is 7.86. The fraction of sp³-hybridized carbons (Fsp3) is 0.133. The molecule has 0 heterocycles. The van der Waals surface area contributed by atoms with Crippen LogP contribution in [0, 0.1) is 0 Å². The molecule has 0 aliphatic heterocycles. The van der Waals surface area contributed by atoms with E-state index in [9.17, 15) is 4.79 Å². The van der Waals surface area contributed by atoms with Crippen molar-refractivity contribution in [3.8, 4) is 11.1 Å². The summed E-state index contributed by atoms with van der Waals surface area (Å²) in [6.07, 6.45) is 0.222. The molecule has 0 saturated heterocycles. The average Bonchev–Trinajstić information content (AvgIpc) is 2.41. The molecule has 1 N–H and O–H groups in total. The number of carboxylic acids is 1. The quantitative estimate of drug-likeness (QED) is 0.872. The topological polar surface area (TPSA) is 37.3 Å². The molecule has 18 heavy (non-hydrogen) atoms. The molecule has 0 fully saturated rings. The third-order valence-corrected chi connectivity index (χ3v) is 2.18. The highest BCUT2D eigenvalue weighted by molar-refractivity contribution is 5.66. The van der Waals surface area contributed by atoms with Gasteiger partial charge in [-0.1, -0.05) is 67.6 Å². The Morgan fingerprint density at radius 1 is 0.889 bits per heavy atom. The molecule has 0 saturated carbocycles. The largest absolute Gasteiger partial charge is 0.481 e. The number of carboxylic acid groups (broad SMARTS) is 1. The van der Waals surface area contributed by atoms with Crippen LogP contribution in [-0.2, 0) is 4.79 Å². The second kappa shape index (κ2) is 8.93. The van der Waals surface area contributed by atoms with Gasteiger partial charge in [0.2, 0.25) is 0 Å². The minimum atomic E-state index is -0.745. The first-order valence-corrected chi connectivity index (χ1v) is 5.56. The first-order chi connectivity index (χ1) is 8.24. The predicted molar refractivity (Wildman–Crippen MR) is 72.3 cm³/mol. The number of hydrogen-bond acceptors (Lipinski definition) is 1. The van der Waals surface area contributed by atoms with Crippen molar-refractivity contribution in [1.82, 2.24) is 0 Å². The van der Waals surface area contributed by atoms with E-state index in [2.05, 4.69) is 48.5 Å². The maximum absolute atomic E-state index is 9.37. The summed E-state index contributed by atoms with van der Waals surface area (Å²) in [6, 6.07) is 20.8. The van der Waals surface area contributed by atoms with Gasteiger partial charge in [-0.25, -0.2) is 0 Å². The fourth-order valence-corrected chi connectivity index (χ4v) is 1.26.